The summed E-state index contributed by atoms with van der Waals surface area (Å²) in [5, 5.41) is 6.01. The lowest BCUT2D eigenvalue weighted by Gasteiger charge is -2.45. The molecule has 9 heteroatoms. The van der Waals surface area contributed by atoms with Gasteiger partial charge in [0.1, 0.15) is 24.8 Å². The Kier molecular flexibility index (Phi) is 9.80. The summed E-state index contributed by atoms with van der Waals surface area (Å²) < 4.78 is 0. The molecule has 2 aromatic carbocycles. The maximum atomic E-state index is 14.4. The quantitative estimate of drug-likeness (QED) is 0.445. The molecule has 230 valence electrons. The lowest BCUT2D eigenvalue weighted by molar-refractivity contribution is -0.156. The highest BCUT2D eigenvalue weighted by Crippen LogP contribution is 2.32. The molecular formula is C34H45N5O4. The molecule has 1 saturated carbocycles. The average Bonchev–Trinajstić information content (AvgIpc) is 3.36. The van der Waals surface area contributed by atoms with E-state index < -0.39 is 24.3 Å². The van der Waals surface area contributed by atoms with Crippen LogP contribution >= 0.6 is 0 Å². The third-order valence-corrected chi connectivity index (χ3v) is 9.45. The van der Waals surface area contributed by atoms with Crippen molar-refractivity contribution in [3.8, 4) is 0 Å². The van der Waals surface area contributed by atoms with E-state index in [0.717, 1.165) is 48.8 Å². The molecule has 0 bridgehead atoms. The normalized spacial score (nSPS) is 22.3. The first kappa shape index (κ1) is 30.7. The Morgan fingerprint density at radius 2 is 1.65 bits per heavy atom. The highest BCUT2D eigenvalue weighted by molar-refractivity contribution is 5.97. The van der Waals surface area contributed by atoms with Crippen molar-refractivity contribution in [1.82, 2.24) is 25.3 Å². The Hall–Kier alpha value is -3.72. The number of amides is 4. The molecule has 4 amide bonds. The molecule has 0 aromatic heterocycles. The van der Waals surface area contributed by atoms with E-state index in [1.165, 1.54) is 0 Å². The Labute approximate surface area is 255 Å². The fourth-order valence-electron chi connectivity index (χ4n) is 6.74. The third kappa shape index (κ3) is 6.93. The van der Waals surface area contributed by atoms with Gasteiger partial charge in [-0.2, -0.15) is 0 Å². The predicted molar refractivity (Wildman–Crippen MR) is 165 cm³/mol. The van der Waals surface area contributed by atoms with Crippen molar-refractivity contribution in [3.63, 3.8) is 0 Å². The summed E-state index contributed by atoms with van der Waals surface area (Å²) in [6.07, 6.45) is 5.36. The van der Waals surface area contributed by atoms with Crippen LogP contribution in [0.1, 0.15) is 55.7 Å². The maximum Gasteiger partial charge on any atom is 0.247 e. The molecule has 2 N–H and O–H groups in total. The summed E-state index contributed by atoms with van der Waals surface area (Å²) in [6.45, 7) is 4.45. The van der Waals surface area contributed by atoms with Crippen LogP contribution in [-0.4, -0.2) is 89.3 Å². The van der Waals surface area contributed by atoms with Crippen LogP contribution in [0.5, 0.6) is 0 Å². The molecular weight excluding hydrogens is 542 g/mol. The lowest BCUT2D eigenvalue weighted by atomic mass is 9.83. The van der Waals surface area contributed by atoms with Gasteiger partial charge >= 0.3 is 0 Å². The van der Waals surface area contributed by atoms with Crippen molar-refractivity contribution in [2.24, 2.45) is 5.92 Å². The number of fused-ring (bicyclic) bond motifs is 1. The van der Waals surface area contributed by atoms with E-state index in [9.17, 15) is 19.2 Å². The molecule has 0 radical (unpaired) electrons. The smallest absolute Gasteiger partial charge is 0.247 e. The highest BCUT2D eigenvalue weighted by Gasteiger charge is 2.52. The van der Waals surface area contributed by atoms with Crippen LogP contribution in [-0.2, 0) is 32.0 Å². The van der Waals surface area contributed by atoms with Crippen LogP contribution in [0.2, 0.25) is 0 Å². The van der Waals surface area contributed by atoms with E-state index in [1.807, 2.05) is 66.4 Å². The number of piperazine rings is 1. The van der Waals surface area contributed by atoms with Crippen molar-refractivity contribution in [2.75, 3.05) is 26.7 Å². The molecule has 2 heterocycles. The average molecular weight is 588 g/mol. The molecule has 3 aliphatic rings. The number of rotatable bonds is 10. The molecule has 1 aliphatic carbocycles. The first-order valence-corrected chi connectivity index (χ1v) is 15.7. The Balaban J connectivity index is 1.43. The minimum absolute atomic E-state index is 0.0150. The first-order chi connectivity index (χ1) is 20.8. The van der Waals surface area contributed by atoms with Gasteiger partial charge in [0.25, 0.3) is 0 Å². The van der Waals surface area contributed by atoms with Gasteiger partial charge in [-0.3, -0.25) is 19.2 Å². The van der Waals surface area contributed by atoms with Crippen molar-refractivity contribution in [2.45, 2.75) is 83.1 Å². The molecule has 0 unspecified atom stereocenters. The predicted octanol–water partition coefficient (Wildman–Crippen LogP) is 2.66. The van der Waals surface area contributed by atoms with E-state index in [2.05, 4.69) is 10.6 Å². The fourth-order valence-corrected chi connectivity index (χ4v) is 6.74. The summed E-state index contributed by atoms with van der Waals surface area (Å²) >= 11 is 0. The first-order valence-electron chi connectivity index (χ1n) is 15.7. The number of carbonyl (C=O) groups excluding carboxylic acids is 4. The Morgan fingerprint density at radius 3 is 2.33 bits per heavy atom. The molecule has 2 saturated heterocycles. The SMILES string of the molecule is CN[C@@H](C)C(=O)N[C@H](C(=O)N1CC(=O)N2[C@@H]1CN(CCc1ccccc1)C(=O)[C@@H]2Cc1ccc(C)cc1)C1CCCCC1. The van der Waals surface area contributed by atoms with Crippen molar-refractivity contribution in [1.29, 1.82) is 0 Å². The summed E-state index contributed by atoms with van der Waals surface area (Å²) in [5.41, 5.74) is 3.22. The van der Waals surface area contributed by atoms with Gasteiger partial charge in [0.2, 0.25) is 23.6 Å². The van der Waals surface area contributed by atoms with Crippen LogP contribution in [0.4, 0.5) is 0 Å². The van der Waals surface area contributed by atoms with Crippen LogP contribution in [0, 0.1) is 12.8 Å². The molecule has 2 aliphatic heterocycles. The molecule has 3 fully saturated rings. The van der Waals surface area contributed by atoms with E-state index >= 15 is 0 Å². The van der Waals surface area contributed by atoms with E-state index in [1.54, 1.807) is 23.8 Å². The van der Waals surface area contributed by atoms with Crippen molar-refractivity contribution < 1.29 is 19.2 Å². The highest BCUT2D eigenvalue weighted by atomic mass is 16.2. The maximum absolute atomic E-state index is 14.4. The lowest BCUT2D eigenvalue weighted by Crippen LogP contribution is -2.66. The number of hydrogen-bond donors (Lipinski definition) is 2. The number of benzene rings is 2. The number of nitrogens with zero attached hydrogens (tertiary/aromatic N) is 3. The largest absolute Gasteiger partial charge is 0.343 e. The molecule has 4 atom stereocenters. The zero-order valence-electron chi connectivity index (χ0n) is 25.6. The standard InChI is InChI=1S/C34H45N5O4/c1-23-14-16-26(17-15-23)20-28-33(42)37(19-18-25-10-6-4-7-11-25)21-29-38(22-30(40)39(28)29)34(43)31(27-12-8-5-9-13-27)36-32(41)24(2)35-3/h4,6-7,10-11,14-17,24,27-29,31,35H,5,8-9,12-13,18-22H2,1-3H3,(H,36,41)/t24-,28-,29+,31-/m0/s1. The van der Waals surface area contributed by atoms with E-state index in [0.29, 0.717) is 19.4 Å². The summed E-state index contributed by atoms with van der Waals surface area (Å²) in [7, 11) is 1.72. The Bertz CT molecular complexity index is 1290. The third-order valence-electron chi connectivity index (χ3n) is 9.45. The number of nitrogens with one attached hydrogen (secondary N) is 2. The van der Waals surface area contributed by atoms with Crippen molar-refractivity contribution in [3.05, 3.63) is 71.3 Å². The summed E-state index contributed by atoms with van der Waals surface area (Å²) in [5.74, 6) is -0.745. The van der Waals surface area contributed by atoms with Crippen LogP contribution in [0.15, 0.2) is 54.6 Å². The monoisotopic (exact) mass is 587 g/mol. The van der Waals surface area contributed by atoms with Gasteiger partial charge in [0.05, 0.1) is 12.6 Å². The van der Waals surface area contributed by atoms with E-state index in [-0.39, 0.29) is 42.6 Å². The number of aryl methyl sites for hydroxylation is 1. The fraction of sp³-hybridized carbons (Fsp3) is 0.529. The van der Waals surface area contributed by atoms with Gasteiger partial charge < -0.3 is 25.3 Å². The van der Waals surface area contributed by atoms with Gasteiger partial charge in [-0.15, -0.1) is 0 Å². The second-order valence-corrected chi connectivity index (χ2v) is 12.4. The van der Waals surface area contributed by atoms with Gasteiger partial charge in [-0.1, -0.05) is 79.4 Å². The minimum Gasteiger partial charge on any atom is -0.343 e. The topological polar surface area (TPSA) is 102 Å². The van der Waals surface area contributed by atoms with Gasteiger partial charge in [-0.25, -0.2) is 0 Å². The van der Waals surface area contributed by atoms with Crippen LogP contribution < -0.4 is 10.6 Å². The van der Waals surface area contributed by atoms with Gasteiger partial charge in [0.15, 0.2) is 0 Å². The molecule has 2 aromatic rings. The molecule has 5 rings (SSSR count). The minimum atomic E-state index is -0.706. The zero-order valence-corrected chi connectivity index (χ0v) is 25.6. The van der Waals surface area contributed by atoms with Crippen molar-refractivity contribution >= 4 is 23.6 Å². The number of likely N-dealkylation sites (N-methyl/N-ethyl adjacent to an activating group) is 1. The van der Waals surface area contributed by atoms with Gasteiger partial charge in [-0.05, 0) is 57.2 Å². The second-order valence-electron chi connectivity index (χ2n) is 12.4. The second kappa shape index (κ2) is 13.7. The van der Waals surface area contributed by atoms with Crippen LogP contribution in [0.25, 0.3) is 0 Å². The molecule has 9 nitrogen and oxygen atoms in total. The molecule has 0 spiro atoms. The Morgan fingerprint density at radius 1 is 0.953 bits per heavy atom. The van der Waals surface area contributed by atoms with Gasteiger partial charge in [0, 0.05) is 13.0 Å². The number of hydrogen-bond acceptors (Lipinski definition) is 5. The zero-order chi connectivity index (χ0) is 30.5. The molecule has 43 heavy (non-hydrogen) atoms. The number of carbonyl (C=O) groups is 4. The van der Waals surface area contributed by atoms with E-state index in [4.69, 9.17) is 0 Å². The summed E-state index contributed by atoms with van der Waals surface area (Å²) in [4.78, 5) is 60.1. The summed E-state index contributed by atoms with van der Waals surface area (Å²) in [6, 6.07) is 16.2. The van der Waals surface area contributed by atoms with Crippen LogP contribution in [0.3, 0.4) is 0 Å².